The molecule has 4 N–H and O–H groups in total. The van der Waals surface area contributed by atoms with Crippen LogP contribution in [0.1, 0.15) is 24.2 Å². The van der Waals surface area contributed by atoms with E-state index >= 15 is 0 Å². The maximum Gasteiger partial charge on any atom is 0.311 e. The Morgan fingerprint density at radius 3 is 2.32 bits per heavy atom. The first kappa shape index (κ1) is 19.9. The van der Waals surface area contributed by atoms with Crippen LogP contribution in [-0.4, -0.2) is 45.9 Å². The van der Waals surface area contributed by atoms with Crippen molar-refractivity contribution < 1.29 is 37.7 Å². The Morgan fingerprint density at radius 2 is 1.91 bits per heavy atom. The maximum absolute atomic E-state index is 11.7. The van der Waals surface area contributed by atoms with Crippen LogP contribution >= 0.6 is 0 Å². The molecule has 0 unspecified atom stereocenters. The van der Waals surface area contributed by atoms with E-state index in [1.807, 2.05) is 19.2 Å². The number of phenols is 1. The van der Waals surface area contributed by atoms with Crippen molar-refractivity contribution in [2.75, 3.05) is 6.54 Å². The second-order valence-electron chi connectivity index (χ2n) is 4.50. The molecular weight excluding hydrogens is 320 g/mol. The molecule has 1 aromatic rings. The Morgan fingerprint density at radius 1 is 1.41 bits per heavy atom. The first-order chi connectivity index (χ1) is 9.91. The Hall–Kier alpha value is -2.08. The van der Waals surface area contributed by atoms with Gasteiger partial charge in [-0.2, -0.15) is 0 Å². The summed E-state index contributed by atoms with van der Waals surface area (Å²) in [5.41, 5.74) is -0.202. The molecule has 0 aromatic heterocycles. The van der Waals surface area contributed by atoms with Gasteiger partial charge in [-0.25, -0.2) is 8.42 Å². The highest BCUT2D eigenvalue weighted by Crippen LogP contribution is 2.26. The number of ketones is 1. The number of nitro benzene ring substituents is 1. The van der Waals surface area contributed by atoms with Crippen LogP contribution < -0.4 is 5.32 Å². The summed E-state index contributed by atoms with van der Waals surface area (Å²) < 4.78 is 32.8. The molecule has 10 nitrogen and oxygen atoms in total. The van der Waals surface area contributed by atoms with Gasteiger partial charge in [0.2, 0.25) is 16.2 Å². The van der Waals surface area contributed by atoms with Crippen LogP contribution in [0.5, 0.6) is 5.75 Å². The van der Waals surface area contributed by atoms with E-state index in [1.165, 1.54) is 12.1 Å². The molecule has 11 heteroatoms. The molecule has 0 radical (unpaired) electrons. The van der Waals surface area contributed by atoms with E-state index < -0.39 is 26.8 Å². The van der Waals surface area contributed by atoms with E-state index in [1.54, 1.807) is 0 Å². The van der Waals surface area contributed by atoms with Crippen molar-refractivity contribution in [3.8, 4) is 5.75 Å². The average Bonchev–Trinajstić information content (AvgIpc) is 2.34. The number of hydrogen-bond donors (Lipinski definition) is 3. The minimum Gasteiger partial charge on any atom is -0.726 e. The highest BCUT2D eigenvalue weighted by atomic mass is 32.3. The number of carbonyl (C=O) groups is 1. The summed E-state index contributed by atoms with van der Waals surface area (Å²) in [4.78, 5) is 21.6. The van der Waals surface area contributed by atoms with Crippen LogP contribution in [0.4, 0.5) is 5.69 Å². The molecule has 0 amide bonds. The predicted octanol–water partition coefficient (Wildman–Crippen LogP) is -0.540. The molecule has 0 aliphatic rings. The zero-order chi connectivity index (χ0) is 17.5. The second kappa shape index (κ2) is 8.38. The first-order valence-corrected chi connectivity index (χ1v) is 7.30. The van der Waals surface area contributed by atoms with Gasteiger partial charge in [0.05, 0.1) is 11.0 Å². The quantitative estimate of drug-likeness (QED) is 0.211. The summed E-state index contributed by atoms with van der Waals surface area (Å²) in [6.07, 6.45) is 0. The number of aromatic hydroxyl groups is 1. The fourth-order valence-corrected chi connectivity index (χ4v) is 1.30. The number of rotatable bonds is 5. The van der Waals surface area contributed by atoms with E-state index in [4.69, 9.17) is 17.5 Å². The maximum atomic E-state index is 11.7. The summed E-state index contributed by atoms with van der Waals surface area (Å²) >= 11 is 0. The lowest BCUT2D eigenvalue weighted by Crippen LogP contribution is -2.89. The van der Waals surface area contributed by atoms with Crippen LogP contribution in [0.2, 0.25) is 0 Å². The topological polar surface area (TPSA) is 174 Å². The summed E-state index contributed by atoms with van der Waals surface area (Å²) in [5.74, 6) is -0.624. The molecule has 0 spiro atoms. The summed E-state index contributed by atoms with van der Waals surface area (Å²) in [7, 11) is -4.92. The lowest BCUT2D eigenvalue weighted by Gasteiger charge is -2.04. The van der Waals surface area contributed by atoms with Crippen molar-refractivity contribution >= 4 is 21.9 Å². The normalized spacial score (nSPS) is 10.8. The summed E-state index contributed by atoms with van der Waals surface area (Å²) in [6, 6.07) is 3.94. The highest BCUT2D eigenvalue weighted by molar-refractivity contribution is 7.79. The average molecular weight is 336 g/mol. The number of quaternary nitrogens is 1. The zero-order valence-electron chi connectivity index (χ0n) is 11.8. The molecule has 0 atom stereocenters. The lowest BCUT2D eigenvalue weighted by molar-refractivity contribution is -0.671. The number of Topliss-reactive ketones (excluding diaryl/α,β-unsaturated/α-hetero) is 1. The Labute approximate surface area is 126 Å². The van der Waals surface area contributed by atoms with Gasteiger partial charge in [-0.1, -0.05) is 0 Å². The molecule has 0 fully saturated rings. The van der Waals surface area contributed by atoms with E-state index in [0.29, 0.717) is 0 Å². The fraction of sp³-hybridized carbons (Fsp3) is 0.364. The molecular formula is C11H16N2O8S. The van der Waals surface area contributed by atoms with Gasteiger partial charge in [0, 0.05) is 11.6 Å². The van der Waals surface area contributed by atoms with Crippen LogP contribution in [0, 0.1) is 10.1 Å². The minimum atomic E-state index is -4.92. The summed E-state index contributed by atoms with van der Waals surface area (Å²) in [5, 5.41) is 21.7. The van der Waals surface area contributed by atoms with Crippen molar-refractivity contribution in [1.29, 1.82) is 0 Å². The summed E-state index contributed by atoms with van der Waals surface area (Å²) in [6.45, 7) is 4.14. The fourth-order valence-electron chi connectivity index (χ4n) is 1.30. The number of hydrogen-bond acceptors (Lipinski definition) is 7. The van der Waals surface area contributed by atoms with Crippen LogP contribution in [-0.2, 0) is 10.4 Å². The standard InChI is InChI=1S/C11H14N2O4.H2O4S/c1-7(2)12-6-11(15)8-3-4-10(14)9(5-8)13(16)17;1-5(2,3)4/h3-5,7,12,14H,6H2,1-2H3;(H2,1,2,3,4). The number of nitrogens with two attached hydrogens (primary N) is 1. The number of phenolic OH excluding ortho intramolecular Hbond substituents is 1. The van der Waals surface area contributed by atoms with Gasteiger partial charge >= 0.3 is 5.69 Å². The monoisotopic (exact) mass is 336 g/mol. The van der Waals surface area contributed by atoms with Crippen molar-refractivity contribution in [2.45, 2.75) is 19.9 Å². The third-order valence-electron chi connectivity index (χ3n) is 2.27. The Balaban J connectivity index is 0.000000763. The Bertz CT molecular complexity index is 633. The highest BCUT2D eigenvalue weighted by Gasteiger charge is 2.17. The molecule has 124 valence electrons. The first-order valence-electron chi connectivity index (χ1n) is 5.94. The number of carbonyl (C=O) groups excluding carboxylic acids is 1. The van der Waals surface area contributed by atoms with E-state index in [0.717, 1.165) is 6.07 Å². The van der Waals surface area contributed by atoms with Crippen molar-refractivity contribution in [2.24, 2.45) is 0 Å². The van der Waals surface area contributed by atoms with Crippen LogP contribution in [0.15, 0.2) is 18.2 Å². The van der Waals surface area contributed by atoms with Gasteiger partial charge < -0.3 is 15.0 Å². The second-order valence-corrected chi connectivity index (χ2v) is 5.35. The molecule has 0 aliphatic heterocycles. The molecule has 0 heterocycles. The molecule has 22 heavy (non-hydrogen) atoms. The number of nitrogens with zero attached hydrogens (tertiary/aromatic N) is 1. The minimum absolute atomic E-state index is 0.193. The zero-order valence-corrected chi connectivity index (χ0v) is 12.6. The predicted molar refractivity (Wildman–Crippen MR) is 73.3 cm³/mol. The van der Waals surface area contributed by atoms with Gasteiger partial charge in [-0.3, -0.25) is 19.5 Å². The molecule has 1 rings (SSSR count). The van der Waals surface area contributed by atoms with Gasteiger partial charge in [0.25, 0.3) is 0 Å². The van der Waals surface area contributed by atoms with Crippen LogP contribution in [0.3, 0.4) is 0 Å². The molecule has 0 bridgehead atoms. The largest absolute Gasteiger partial charge is 0.726 e. The third-order valence-corrected chi connectivity index (χ3v) is 2.27. The smallest absolute Gasteiger partial charge is 0.311 e. The van der Waals surface area contributed by atoms with Gasteiger partial charge in [0.1, 0.15) is 6.54 Å². The van der Waals surface area contributed by atoms with Crippen molar-refractivity contribution in [3.05, 3.63) is 33.9 Å². The molecule has 0 saturated heterocycles. The Kier molecular flexibility index (Phi) is 7.59. The number of nitro groups is 1. The van der Waals surface area contributed by atoms with E-state index in [-0.39, 0.29) is 23.9 Å². The van der Waals surface area contributed by atoms with E-state index in [2.05, 4.69) is 0 Å². The van der Waals surface area contributed by atoms with Crippen molar-refractivity contribution in [3.63, 3.8) is 0 Å². The van der Waals surface area contributed by atoms with Gasteiger partial charge in [-0.15, -0.1) is 0 Å². The van der Waals surface area contributed by atoms with Gasteiger partial charge in [-0.05, 0) is 26.0 Å². The SMILES string of the molecule is CC(C)[NH2+]CC(=O)c1ccc(O)c([N+](=O)[O-])c1.O=S(=O)([O-])O. The van der Waals surface area contributed by atoms with Crippen molar-refractivity contribution in [1.82, 2.24) is 0 Å². The number of benzene rings is 1. The lowest BCUT2D eigenvalue weighted by atomic mass is 10.1. The van der Waals surface area contributed by atoms with E-state index in [9.17, 15) is 20.0 Å². The van der Waals surface area contributed by atoms with Crippen LogP contribution in [0.25, 0.3) is 0 Å². The molecule has 0 saturated carbocycles. The third kappa shape index (κ3) is 8.97. The molecule has 1 aromatic carbocycles. The molecule has 0 aliphatic carbocycles. The van der Waals surface area contributed by atoms with Gasteiger partial charge in [0.15, 0.2) is 5.75 Å².